The summed E-state index contributed by atoms with van der Waals surface area (Å²) in [5, 5.41) is 0. The number of ether oxygens (including phenoxy) is 3. The summed E-state index contributed by atoms with van der Waals surface area (Å²) < 4.78 is 15.6. The Balaban J connectivity index is 1.62. The van der Waals surface area contributed by atoms with Crippen LogP contribution in [-0.2, 0) is 14.5 Å². The Morgan fingerprint density at radius 2 is 1.24 bits per heavy atom. The van der Waals surface area contributed by atoms with Gasteiger partial charge >= 0.3 is 24.2 Å². The number of carbonyl (C=O) groups excluding carboxylic acids is 4. The smallest absolute Gasteiger partial charge is 0.431 e. The molecule has 0 spiro atoms. The van der Waals surface area contributed by atoms with Crippen molar-refractivity contribution in [1.82, 2.24) is 4.90 Å². The SMILES string of the molecule is CN(C)C(=O)Oc1ccccc1C(=O)OOC(=O)c1ccccc1OC(=O)OC1CCCCC1. The average molecular weight is 471 g/mol. The average Bonchev–Trinajstić information content (AvgIpc) is 2.83. The van der Waals surface area contributed by atoms with Gasteiger partial charge in [0.2, 0.25) is 0 Å². The number of amides is 1. The van der Waals surface area contributed by atoms with E-state index in [9.17, 15) is 19.2 Å². The third kappa shape index (κ3) is 6.71. The van der Waals surface area contributed by atoms with Gasteiger partial charge in [-0.15, -0.1) is 0 Å². The van der Waals surface area contributed by atoms with Crippen molar-refractivity contribution in [2.45, 2.75) is 38.2 Å². The summed E-state index contributed by atoms with van der Waals surface area (Å²) in [6, 6.07) is 11.6. The first-order chi connectivity index (χ1) is 16.3. The van der Waals surface area contributed by atoms with E-state index < -0.39 is 24.2 Å². The minimum atomic E-state index is -1.07. The minimum Gasteiger partial charge on any atom is -0.431 e. The van der Waals surface area contributed by atoms with Crippen molar-refractivity contribution in [2.75, 3.05) is 14.1 Å². The van der Waals surface area contributed by atoms with Gasteiger partial charge in [-0.05, 0) is 49.9 Å². The summed E-state index contributed by atoms with van der Waals surface area (Å²) in [6.07, 6.45) is 2.73. The van der Waals surface area contributed by atoms with E-state index >= 15 is 0 Å². The predicted octanol–water partition coefficient (Wildman–Crippen LogP) is 4.52. The van der Waals surface area contributed by atoms with Gasteiger partial charge in [0, 0.05) is 14.1 Å². The van der Waals surface area contributed by atoms with Crippen LogP contribution in [0.2, 0.25) is 0 Å². The molecule has 34 heavy (non-hydrogen) atoms. The van der Waals surface area contributed by atoms with Gasteiger partial charge in [-0.2, -0.15) is 0 Å². The molecule has 2 aromatic carbocycles. The summed E-state index contributed by atoms with van der Waals surface area (Å²) in [4.78, 5) is 59.4. The maximum Gasteiger partial charge on any atom is 0.514 e. The molecule has 10 heteroatoms. The predicted molar refractivity (Wildman–Crippen MR) is 117 cm³/mol. The van der Waals surface area contributed by atoms with Gasteiger partial charge in [0.1, 0.15) is 28.7 Å². The molecular formula is C24H25NO9. The lowest BCUT2D eigenvalue weighted by atomic mass is 9.98. The third-order valence-electron chi connectivity index (χ3n) is 4.98. The zero-order valence-electron chi connectivity index (χ0n) is 18.9. The molecule has 0 aliphatic heterocycles. The van der Waals surface area contributed by atoms with Gasteiger partial charge in [0.05, 0.1) is 0 Å². The highest BCUT2D eigenvalue weighted by Gasteiger charge is 2.24. The number of hydrogen-bond acceptors (Lipinski definition) is 9. The molecule has 0 N–H and O–H groups in total. The molecule has 0 bridgehead atoms. The van der Waals surface area contributed by atoms with Gasteiger partial charge in [-0.25, -0.2) is 29.0 Å². The van der Waals surface area contributed by atoms with Crippen LogP contribution >= 0.6 is 0 Å². The quantitative estimate of drug-likeness (QED) is 0.268. The molecule has 1 saturated carbocycles. The van der Waals surface area contributed by atoms with Crippen molar-refractivity contribution in [3.63, 3.8) is 0 Å². The van der Waals surface area contributed by atoms with E-state index in [4.69, 9.17) is 14.2 Å². The molecule has 1 fully saturated rings. The summed E-state index contributed by atoms with van der Waals surface area (Å²) in [6.45, 7) is 0. The second-order valence-electron chi connectivity index (χ2n) is 7.73. The molecule has 0 radical (unpaired) electrons. The van der Waals surface area contributed by atoms with Crippen molar-refractivity contribution in [3.05, 3.63) is 59.7 Å². The minimum absolute atomic E-state index is 0.0727. The van der Waals surface area contributed by atoms with Crippen molar-refractivity contribution in [3.8, 4) is 11.5 Å². The first-order valence-electron chi connectivity index (χ1n) is 10.7. The van der Waals surface area contributed by atoms with E-state index in [0.29, 0.717) is 0 Å². The highest BCUT2D eigenvalue weighted by Crippen LogP contribution is 2.24. The molecule has 0 aromatic heterocycles. The number of hydrogen-bond donors (Lipinski definition) is 0. The van der Waals surface area contributed by atoms with Crippen LogP contribution < -0.4 is 9.47 Å². The van der Waals surface area contributed by atoms with E-state index in [0.717, 1.165) is 32.1 Å². The Hall–Kier alpha value is -4.08. The molecule has 0 saturated heterocycles. The first-order valence-corrected chi connectivity index (χ1v) is 10.7. The molecule has 1 aliphatic carbocycles. The second kappa shape index (κ2) is 11.7. The van der Waals surface area contributed by atoms with Gasteiger partial charge in [-0.3, -0.25) is 0 Å². The van der Waals surface area contributed by atoms with Crippen LogP contribution in [0.4, 0.5) is 9.59 Å². The number of carbonyl (C=O) groups is 4. The third-order valence-corrected chi connectivity index (χ3v) is 4.98. The van der Waals surface area contributed by atoms with E-state index in [2.05, 4.69) is 9.78 Å². The standard InChI is InChI=1S/C24H25NO9/c1-25(2)23(28)31-19-14-8-6-12-17(19)21(26)33-34-22(27)18-13-7-9-15-20(18)32-24(29)30-16-10-4-3-5-11-16/h6-9,12-16H,3-5,10-11H2,1-2H3. The van der Waals surface area contributed by atoms with Crippen LogP contribution in [0.1, 0.15) is 52.8 Å². The lowest BCUT2D eigenvalue weighted by molar-refractivity contribution is -0.187. The van der Waals surface area contributed by atoms with Crippen molar-refractivity contribution in [1.29, 1.82) is 0 Å². The van der Waals surface area contributed by atoms with E-state index in [-0.39, 0.29) is 28.7 Å². The molecule has 0 unspecified atom stereocenters. The van der Waals surface area contributed by atoms with Crippen molar-refractivity contribution < 1.29 is 43.2 Å². The van der Waals surface area contributed by atoms with Crippen LogP contribution in [0, 0.1) is 0 Å². The molecule has 1 amide bonds. The fraction of sp³-hybridized carbons (Fsp3) is 0.333. The number of rotatable bonds is 5. The highest BCUT2D eigenvalue weighted by molar-refractivity contribution is 5.96. The lowest BCUT2D eigenvalue weighted by Gasteiger charge is -2.21. The van der Waals surface area contributed by atoms with Crippen LogP contribution in [0.5, 0.6) is 11.5 Å². The highest BCUT2D eigenvalue weighted by atomic mass is 17.2. The van der Waals surface area contributed by atoms with E-state index in [1.54, 1.807) is 12.1 Å². The fourth-order valence-electron chi connectivity index (χ4n) is 3.23. The first kappa shape index (κ1) is 24.6. The Morgan fingerprint density at radius 1 is 0.735 bits per heavy atom. The van der Waals surface area contributed by atoms with Gasteiger partial charge in [-0.1, -0.05) is 30.7 Å². The Bertz CT molecular complexity index is 1040. The summed E-state index contributed by atoms with van der Waals surface area (Å²) in [5.41, 5.74) is -0.283. The van der Waals surface area contributed by atoms with Gasteiger partial charge in [0.25, 0.3) is 0 Å². The van der Waals surface area contributed by atoms with Crippen LogP contribution in [-0.4, -0.2) is 49.3 Å². The normalized spacial score (nSPS) is 13.4. The zero-order chi connectivity index (χ0) is 24.5. The van der Waals surface area contributed by atoms with E-state index in [1.807, 2.05) is 0 Å². The van der Waals surface area contributed by atoms with Crippen molar-refractivity contribution in [2.24, 2.45) is 0 Å². The Morgan fingerprint density at radius 3 is 1.76 bits per heavy atom. The van der Waals surface area contributed by atoms with Crippen LogP contribution in [0.3, 0.4) is 0 Å². The van der Waals surface area contributed by atoms with Crippen molar-refractivity contribution >= 4 is 24.2 Å². The van der Waals surface area contributed by atoms with E-state index in [1.165, 1.54) is 55.4 Å². The van der Waals surface area contributed by atoms with Crippen LogP contribution in [0.15, 0.2) is 48.5 Å². The number of benzene rings is 2. The van der Waals surface area contributed by atoms with Gasteiger partial charge in [0.15, 0.2) is 0 Å². The molecule has 3 rings (SSSR count). The molecular weight excluding hydrogens is 446 g/mol. The molecule has 0 atom stereocenters. The topological polar surface area (TPSA) is 118 Å². The zero-order valence-corrected chi connectivity index (χ0v) is 18.9. The molecule has 0 heterocycles. The van der Waals surface area contributed by atoms with Crippen LogP contribution in [0.25, 0.3) is 0 Å². The fourth-order valence-corrected chi connectivity index (χ4v) is 3.23. The maximum atomic E-state index is 12.5. The largest absolute Gasteiger partial charge is 0.514 e. The van der Waals surface area contributed by atoms with Gasteiger partial charge < -0.3 is 19.1 Å². The Labute approximate surface area is 196 Å². The lowest BCUT2D eigenvalue weighted by Crippen LogP contribution is -2.26. The molecule has 10 nitrogen and oxygen atoms in total. The second-order valence-corrected chi connectivity index (χ2v) is 7.73. The number of nitrogens with zero attached hydrogens (tertiary/aromatic N) is 1. The summed E-state index contributed by atoms with van der Waals surface area (Å²) in [5.74, 6) is -2.32. The molecule has 180 valence electrons. The monoisotopic (exact) mass is 471 g/mol. The Kier molecular flexibility index (Phi) is 8.44. The number of para-hydroxylation sites is 2. The summed E-state index contributed by atoms with van der Waals surface area (Å²) in [7, 11) is 2.96. The summed E-state index contributed by atoms with van der Waals surface area (Å²) >= 11 is 0. The maximum absolute atomic E-state index is 12.5. The molecule has 2 aromatic rings. The molecule has 1 aliphatic rings.